The lowest BCUT2D eigenvalue weighted by molar-refractivity contribution is -0.192. The number of benzene rings is 1. The van der Waals surface area contributed by atoms with E-state index in [2.05, 4.69) is 0 Å². The molecule has 0 aliphatic rings. The summed E-state index contributed by atoms with van der Waals surface area (Å²) in [7, 11) is 0. The van der Waals surface area contributed by atoms with Crippen molar-refractivity contribution in [2.45, 2.75) is 31.1 Å². The molecule has 0 spiro atoms. The Hall–Kier alpha value is -1.07. The molecule has 5 heteroatoms. The van der Waals surface area contributed by atoms with Crippen LogP contribution in [0.25, 0.3) is 0 Å². The standard InChI is InChI=1S/C11H15F3N2/c1-8(15)7-10(16,11(12,13)14)9-5-3-2-4-6-9/h2-6,8H,7,15-16H2,1H3/t8?,10-/m0/s1. The van der Waals surface area contributed by atoms with E-state index in [1.165, 1.54) is 31.2 Å². The summed E-state index contributed by atoms with van der Waals surface area (Å²) >= 11 is 0. The van der Waals surface area contributed by atoms with E-state index in [0.29, 0.717) is 0 Å². The van der Waals surface area contributed by atoms with Crippen molar-refractivity contribution in [2.24, 2.45) is 11.5 Å². The molecule has 90 valence electrons. The van der Waals surface area contributed by atoms with Gasteiger partial charge < -0.3 is 11.5 Å². The molecule has 0 aromatic heterocycles. The van der Waals surface area contributed by atoms with Crippen LogP contribution in [-0.4, -0.2) is 12.2 Å². The molecular weight excluding hydrogens is 217 g/mol. The number of alkyl halides is 3. The zero-order chi connectivity index (χ0) is 12.4. The average molecular weight is 232 g/mol. The van der Waals surface area contributed by atoms with Crippen molar-refractivity contribution in [3.63, 3.8) is 0 Å². The van der Waals surface area contributed by atoms with Crippen LogP contribution in [0.4, 0.5) is 13.2 Å². The predicted molar refractivity (Wildman–Crippen MR) is 56.6 cm³/mol. The third kappa shape index (κ3) is 2.54. The maximum Gasteiger partial charge on any atom is 0.410 e. The smallest absolute Gasteiger partial charge is 0.328 e. The number of rotatable bonds is 3. The first-order chi connectivity index (χ1) is 7.27. The van der Waals surface area contributed by atoms with Gasteiger partial charge in [-0.05, 0) is 18.9 Å². The Bertz CT molecular complexity index is 335. The van der Waals surface area contributed by atoms with Crippen molar-refractivity contribution < 1.29 is 13.2 Å². The van der Waals surface area contributed by atoms with Crippen molar-refractivity contribution in [1.29, 1.82) is 0 Å². The molecule has 1 unspecified atom stereocenters. The summed E-state index contributed by atoms with van der Waals surface area (Å²) in [5.41, 5.74) is 8.59. The van der Waals surface area contributed by atoms with Gasteiger partial charge in [0.05, 0.1) is 0 Å². The molecular formula is C11H15F3N2. The molecule has 0 amide bonds. The van der Waals surface area contributed by atoms with Gasteiger partial charge in [0.1, 0.15) is 5.54 Å². The fourth-order valence-corrected chi connectivity index (χ4v) is 1.64. The lowest BCUT2D eigenvalue weighted by atomic mass is 9.84. The minimum Gasteiger partial charge on any atom is -0.328 e. The first-order valence-corrected chi connectivity index (χ1v) is 4.94. The minimum absolute atomic E-state index is 0.0415. The molecule has 0 aliphatic heterocycles. The first-order valence-electron chi connectivity index (χ1n) is 4.94. The molecule has 0 heterocycles. The fourth-order valence-electron chi connectivity index (χ4n) is 1.64. The normalized spacial score (nSPS) is 17.9. The summed E-state index contributed by atoms with van der Waals surface area (Å²) < 4.78 is 38.9. The topological polar surface area (TPSA) is 52.0 Å². The molecule has 1 aromatic carbocycles. The number of hydrogen-bond donors (Lipinski definition) is 2. The predicted octanol–water partition coefficient (Wildman–Crippen LogP) is 2.14. The highest BCUT2D eigenvalue weighted by Gasteiger charge is 2.53. The highest BCUT2D eigenvalue weighted by atomic mass is 19.4. The molecule has 0 fully saturated rings. The lowest BCUT2D eigenvalue weighted by Crippen LogP contribution is -2.53. The fraction of sp³-hybridized carbons (Fsp3) is 0.455. The Morgan fingerprint density at radius 3 is 2.06 bits per heavy atom. The minimum atomic E-state index is -4.51. The van der Waals surface area contributed by atoms with E-state index in [4.69, 9.17) is 11.5 Å². The van der Waals surface area contributed by atoms with E-state index in [9.17, 15) is 13.2 Å². The first kappa shape index (κ1) is 13.0. The SMILES string of the molecule is CC(N)C[C@](N)(c1ccccc1)C(F)(F)F. The Balaban J connectivity index is 3.16. The summed E-state index contributed by atoms with van der Waals surface area (Å²) in [6.07, 6.45) is -4.84. The maximum atomic E-state index is 13.0. The van der Waals surface area contributed by atoms with E-state index in [0.717, 1.165) is 0 Å². The van der Waals surface area contributed by atoms with E-state index in [1.807, 2.05) is 0 Å². The van der Waals surface area contributed by atoms with Crippen molar-refractivity contribution >= 4 is 0 Å². The van der Waals surface area contributed by atoms with Crippen LogP contribution in [0, 0.1) is 0 Å². The summed E-state index contributed by atoms with van der Waals surface area (Å²) in [5, 5.41) is 0. The van der Waals surface area contributed by atoms with E-state index < -0.39 is 17.8 Å². The van der Waals surface area contributed by atoms with Crippen molar-refractivity contribution in [2.75, 3.05) is 0 Å². The average Bonchev–Trinajstić information content (AvgIpc) is 2.16. The molecule has 0 bridgehead atoms. The number of nitrogens with two attached hydrogens (primary N) is 2. The molecule has 0 radical (unpaired) electrons. The van der Waals surface area contributed by atoms with Crippen LogP contribution in [0.3, 0.4) is 0 Å². The van der Waals surface area contributed by atoms with Gasteiger partial charge in [-0.3, -0.25) is 0 Å². The van der Waals surface area contributed by atoms with Crippen molar-refractivity contribution in [3.8, 4) is 0 Å². The van der Waals surface area contributed by atoms with Crippen LogP contribution >= 0.6 is 0 Å². The van der Waals surface area contributed by atoms with Crippen LogP contribution < -0.4 is 11.5 Å². The van der Waals surface area contributed by atoms with E-state index >= 15 is 0 Å². The van der Waals surface area contributed by atoms with Crippen LogP contribution in [0.15, 0.2) is 30.3 Å². The third-order valence-electron chi connectivity index (χ3n) is 2.44. The number of hydrogen-bond acceptors (Lipinski definition) is 2. The lowest BCUT2D eigenvalue weighted by Gasteiger charge is -2.33. The molecule has 16 heavy (non-hydrogen) atoms. The summed E-state index contributed by atoms with van der Waals surface area (Å²) in [6, 6.07) is 6.83. The van der Waals surface area contributed by atoms with Crippen LogP contribution in [0.2, 0.25) is 0 Å². The van der Waals surface area contributed by atoms with Gasteiger partial charge in [0, 0.05) is 6.04 Å². The molecule has 0 saturated carbocycles. The van der Waals surface area contributed by atoms with Gasteiger partial charge >= 0.3 is 6.18 Å². The molecule has 4 N–H and O–H groups in total. The van der Waals surface area contributed by atoms with Gasteiger partial charge in [-0.25, -0.2) is 0 Å². The maximum absolute atomic E-state index is 13.0. The van der Waals surface area contributed by atoms with Crippen LogP contribution in [0.1, 0.15) is 18.9 Å². The van der Waals surface area contributed by atoms with Crippen LogP contribution in [-0.2, 0) is 5.54 Å². The molecule has 1 aromatic rings. The second-order valence-electron chi connectivity index (χ2n) is 4.02. The van der Waals surface area contributed by atoms with Crippen molar-refractivity contribution in [1.82, 2.24) is 0 Å². The molecule has 0 aliphatic carbocycles. The highest BCUT2D eigenvalue weighted by Crippen LogP contribution is 2.39. The van der Waals surface area contributed by atoms with Gasteiger partial charge in [-0.15, -0.1) is 0 Å². The zero-order valence-corrected chi connectivity index (χ0v) is 8.96. The Morgan fingerprint density at radius 1 is 1.19 bits per heavy atom. The van der Waals surface area contributed by atoms with Gasteiger partial charge in [0.25, 0.3) is 0 Å². The molecule has 2 atom stereocenters. The third-order valence-corrected chi connectivity index (χ3v) is 2.44. The monoisotopic (exact) mass is 232 g/mol. The van der Waals surface area contributed by atoms with Gasteiger partial charge in [-0.2, -0.15) is 13.2 Å². The Morgan fingerprint density at radius 2 is 1.69 bits per heavy atom. The second kappa shape index (κ2) is 4.43. The molecule has 2 nitrogen and oxygen atoms in total. The summed E-state index contributed by atoms with van der Waals surface area (Å²) in [6.45, 7) is 1.51. The summed E-state index contributed by atoms with van der Waals surface area (Å²) in [4.78, 5) is 0. The van der Waals surface area contributed by atoms with E-state index in [-0.39, 0.29) is 12.0 Å². The van der Waals surface area contributed by atoms with Crippen LogP contribution in [0.5, 0.6) is 0 Å². The molecule has 1 rings (SSSR count). The Labute approximate surface area is 92.4 Å². The molecule has 0 saturated heterocycles. The van der Waals surface area contributed by atoms with Gasteiger partial charge in [0.15, 0.2) is 0 Å². The largest absolute Gasteiger partial charge is 0.410 e. The highest BCUT2D eigenvalue weighted by molar-refractivity contribution is 5.26. The zero-order valence-electron chi connectivity index (χ0n) is 8.96. The second-order valence-corrected chi connectivity index (χ2v) is 4.02. The van der Waals surface area contributed by atoms with Gasteiger partial charge in [-0.1, -0.05) is 30.3 Å². The van der Waals surface area contributed by atoms with E-state index in [1.54, 1.807) is 6.07 Å². The number of halogens is 3. The van der Waals surface area contributed by atoms with Gasteiger partial charge in [0.2, 0.25) is 0 Å². The quantitative estimate of drug-likeness (QED) is 0.838. The summed E-state index contributed by atoms with van der Waals surface area (Å²) in [5.74, 6) is 0. The Kier molecular flexibility index (Phi) is 3.60. The van der Waals surface area contributed by atoms with Crippen molar-refractivity contribution in [3.05, 3.63) is 35.9 Å².